The fraction of sp³-hybridized carbons (Fsp3) is 0.462. The van der Waals surface area contributed by atoms with E-state index in [-0.39, 0.29) is 12.4 Å². The molecule has 0 aliphatic rings. The van der Waals surface area contributed by atoms with E-state index in [1.807, 2.05) is 38.1 Å². The zero-order valence-corrected chi connectivity index (χ0v) is 9.86. The first kappa shape index (κ1) is 12.7. The van der Waals surface area contributed by atoms with Crippen molar-refractivity contribution >= 4 is 5.78 Å². The van der Waals surface area contributed by atoms with Gasteiger partial charge in [-0.25, -0.2) is 0 Å². The average molecular weight is 222 g/mol. The van der Waals surface area contributed by atoms with Crippen molar-refractivity contribution in [1.82, 2.24) is 0 Å². The lowest BCUT2D eigenvalue weighted by molar-refractivity contribution is -0.123. The molecule has 0 aromatic heterocycles. The normalized spacial score (nSPS) is 10.1. The SMILES string of the molecule is CCC(=O)COCCOc1ccc(C)cc1. The van der Waals surface area contributed by atoms with Gasteiger partial charge < -0.3 is 9.47 Å². The summed E-state index contributed by atoms with van der Waals surface area (Å²) in [5, 5.41) is 0. The van der Waals surface area contributed by atoms with Crippen molar-refractivity contribution in [1.29, 1.82) is 0 Å². The molecule has 0 amide bonds. The number of ketones is 1. The molecule has 1 aromatic carbocycles. The molecule has 3 nitrogen and oxygen atoms in total. The lowest BCUT2D eigenvalue weighted by Crippen LogP contribution is -2.12. The highest BCUT2D eigenvalue weighted by Crippen LogP contribution is 2.10. The molecule has 0 unspecified atom stereocenters. The van der Waals surface area contributed by atoms with Crippen molar-refractivity contribution in [3.8, 4) is 5.75 Å². The maximum Gasteiger partial charge on any atom is 0.158 e. The summed E-state index contributed by atoms with van der Waals surface area (Å²) in [5.41, 5.74) is 1.21. The summed E-state index contributed by atoms with van der Waals surface area (Å²) in [6.07, 6.45) is 0.527. The first-order valence-electron chi connectivity index (χ1n) is 5.51. The molecule has 88 valence electrons. The van der Waals surface area contributed by atoms with Crippen LogP contribution in [0.1, 0.15) is 18.9 Å². The van der Waals surface area contributed by atoms with Crippen molar-refractivity contribution in [3.63, 3.8) is 0 Å². The van der Waals surface area contributed by atoms with Crippen molar-refractivity contribution in [2.75, 3.05) is 19.8 Å². The molecular formula is C13H18O3. The monoisotopic (exact) mass is 222 g/mol. The van der Waals surface area contributed by atoms with Crippen LogP contribution in [0.4, 0.5) is 0 Å². The molecule has 0 N–H and O–H groups in total. The number of hydrogen-bond acceptors (Lipinski definition) is 3. The molecule has 0 saturated heterocycles. The Balaban J connectivity index is 2.11. The first-order chi connectivity index (χ1) is 7.72. The zero-order chi connectivity index (χ0) is 11.8. The second-order valence-electron chi connectivity index (χ2n) is 3.61. The highest BCUT2D eigenvalue weighted by molar-refractivity contribution is 5.79. The van der Waals surface area contributed by atoms with Crippen LogP contribution in [0, 0.1) is 6.92 Å². The van der Waals surface area contributed by atoms with Crippen molar-refractivity contribution in [2.24, 2.45) is 0 Å². The Hall–Kier alpha value is -1.35. The summed E-state index contributed by atoms with van der Waals surface area (Å²) < 4.78 is 10.6. The molecule has 0 aliphatic heterocycles. The number of rotatable bonds is 7. The van der Waals surface area contributed by atoms with E-state index in [9.17, 15) is 4.79 Å². The first-order valence-corrected chi connectivity index (χ1v) is 5.51. The van der Waals surface area contributed by atoms with E-state index < -0.39 is 0 Å². The quantitative estimate of drug-likeness (QED) is 0.664. The Morgan fingerprint density at radius 1 is 1.19 bits per heavy atom. The number of benzene rings is 1. The van der Waals surface area contributed by atoms with Crippen LogP contribution in [0.15, 0.2) is 24.3 Å². The van der Waals surface area contributed by atoms with Gasteiger partial charge in [-0.05, 0) is 19.1 Å². The maximum absolute atomic E-state index is 10.9. The average Bonchev–Trinajstić information content (AvgIpc) is 2.31. The standard InChI is InChI=1S/C13H18O3/c1-3-12(14)10-15-8-9-16-13-6-4-11(2)5-7-13/h4-7H,3,8-10H2,1-2H3. The summed E-state index contributed by atoms with van der Waals surface area (Å²) in [6, 6.07) is 7.84. The van der Waals surface area contributed by atoms with Crippen LogP contribution < -0.4 is 4.74 Å². The third-order valence-electron chi connectivity index (χ3n) is 2.17. The largest absolute Gasteiger partial charge is 0.491 e. The van der Waals surface area contributed by atoms with Crippen LogP contribution in [0.3, 0.4) is 0 Å². The highest BCUT2D eigenvalue weighted by Gasteiger charge is 1.98. The van der Waals surface area contributed by atoms with Crippen LogP contribution in [-0.4, -0.2) is 25.6 Å². The van der Waals surface area contributed by atoms with Crippen LogP contribution in [0.2, 0.25) is 0 Å². The summed E-state index contributed by atoms with van der Waals surface area (Å²) in [4.78, 5) is 10.9. The van der Waals surface area contributed by atoms with E-state index in [0.717, 1.165) is 5.75 Å². The fourth-order valence-electron chi connectivity index (χ4n) is 1.14. The molecule has 0 fully saturated rings. The predicted octanol–water partition coefficient (Wildman–Crippen LogP) is 2.37. The smallest absolute Gasteiger partial charge is 0.158 e. The molecule has 0 aliphatic carbocycles. The third-order valence-corrected chi connectivity index (χ3v) is 2.17. The molecule has 0 saturated carbocycles. The molecule has 0 atom stereocenters. The van der Waals surface area contributed by atoms with Crippen molar-refractivity contribution in [2.45, 2.75) is 20.3 Å². The van der Waals surface area contributed by atoms with Gasteiger partial charge in [0.15, 0.2) is 5.78 Å². The van der Waals surface area contributed by atoms with E-state index in [4.69, 9.17) is 9.47 Å². The Kier molecular flexibility index (Phi) is 5.57. The van der Waals surface area contributed by atoms with E-state index in [0.29, 0.717) is 19.6 Å². The van der Waals surface area contributed by atoms with Gasteiger partial charge in [-0.3, -0.25) is 4.79 Å². The van der Waals surface area contributed by atoms with Gasteiger partial charge in [-0.15, -0.1) is 0 Å². The van der Waals surface area contributed by atoms with Crippen LogP contribution in [0.25, 0.3) is 0 Å². The third kappa shape index (κ3) is 4.94. The molecular weight excluding hydrogens is 204 g/mol. The van der Waals surface area contributed by atoms with Crippen molar-refractivity contribution < 1.29 is 14.3 Å². The van der Waals surface area contributed by atoms with Gasteiger partial charge in [0, 0.05) is 6.42 Å². The van der Waals surface area contributed by atoms with E-state index >= 15 is 0 Å². The number of aryl methyl sites for hydroxylation is 1. The number of hydrogen-bond donors (Lipinski definition) is 0. The molecule has 0 spiro atoms. The summed E-state index contributed by atoms with van der Waals surface area (Å²) in [5.74, 6) is 0.950. The minimum absolute atomic E-state index is 0.121. The Bertz CT molecular complexity index is 316. The minimum atomic E-state index is 0.121. The van der Waals surface area contributed by atoms with E-state index in [2.05, 4.69) is 0 Å². The second-order valence-corrected chi connectivity index (χ2v) is 3.61. The molecule has 16 heavy (non-hydrogen) atoms. The van der Waals surface area contributed by atoms with Gasteiger partial charge in [0.05, 0.1) is 6.61 Å². The molecule has 0 bridgehead atoms. The Labute approximate surface area is 96.4 Å². The fourth-order valence-corrected chi connectivity index (χ4v) is 1.14. The minimum Gasteiger partial charge on any atom is -0.491 e. The van der Waals surface area contributed by atoms with E-state index in [1.165, 1.54) is 5.56 Å². The van der Waals surface area contributed by atoms with Gasteiger partial charge >= 0.3 is 0 Å². The molecule has 3 heteroatoms. The second kappa shape index (κ2) is 7.01. The zero-order valence-electron chi connectivity index (χ0n) is 9.86. The highest BCUT2D eigenvalue weighted by atomic mass is 16.5. The van der Waals surface area contributed by atoms with Crippen LogP contribution in [0.5, 0.6) is 5.75 Å². The summed E-state index contributed by atoms with van der Waals surface area (Å²) in [7, 11) is 0. The maximum atomic E-state index is 10.9. The van der Waals surface area contributed by atoms with Gasteiger partial charge in [-0.1, -0.05) is 24.6 Å². The van der Waals surface area contributed by atoms with Crippen LogP contribution >= 0.6 is 0 Å². The number of Topliss-reactive ketones (excluding diaryl/α,β-unsaturated/α-hetero) is 1. The van der Waals surface area contributed by atoms with Gasteiger partial charge in [0.25, 0.3) is 0 Å². The lowest BCUT2D eigenvalue weighted by Gasteiger charge is -2.06. The summed E-state index contributed by atoms with van der Waals surface area (Å²) in [6.45, 7) is 4.96. The van der Waals surface area contributed by atoms with Gasteiger partial charge in [-0.2, -0.15) is 0 Å². The molecule has 1 aromatic rings. The lowest BCUT2D eigenvalue weighted by atomic mass is 10.2. The summed E-state index contributed by atoms with van der Waals surface area (Å²) >= 11 is 0. The van der Waals surface area contributed by atoms with E-state index in [1.54, 1.807) is 0 Å². The molecule has 0 radical (unpaired) electrons. The van der Waals surface area contributed by atoms with Gasteiger partial charge in [0.1, 0.15) is 19.0 Å². The van der Waals surface area contributed by atoms with Gasteiger partial charge in [0.2, 0.25) is 0 Å². The predicted molar refractivity (Wildman–Crippen MR) is 62.8 cm³/mol. The number of carbonyl (C=O) groups is 1. The topological polar surface area (TPSA) is 35.5 Å². The van der Waals surface area contributed by atoms with Crippen molar-refractivity contribution in [3.05, 3.63) is 29.8 Å². The Morgan fingerprint density at radius 3 is 2.50 bits per heavy atom. The molecule has 1 rings (SSSR count). The Morgan fingerprint density at radius 2 is 1.88 bits per heavy atom. The number of ether oxygens (including phenoxy) is 2. The number of carbonyl (C=O) groups excluding carboxylic acids is 1. The molecule has 0 heterocycles. The van der Waals surface area contributed by atoms with Crippen LogP contribution in [-0.2, 0) is 9.53 Å².